The van der Waals surface area contributed by atoms with E-state index in [2.05, 4.69) is 11.8 Å². The number of nitrogens with zero attached hydrogens (tertiary/aromatic N) is 2. The molecule has 0 unspecified atom stereocenters. The Kier molecular flexibility index (Phi) is 4.54. The first-order chi connectivity index (χ1) is 12.1. The molecule has 0 aromatic heterocycles. The van der Waals surface area contributed by atoms with Crippen LogP contribution in [-0.2, 0) is 14.9 Å². The van der Waals surface area contributed by atoms with Crippen molar-refractivity contribution in [2.24, 2.45) is 5.92 Å². The first-order valence-corrected chi connectivity index (χ1v) is 9.47. The molecule has 1 aliphatic carbocycles. The fourth-order valence-corrected chi connectivity index (χ4v) is 4.75. The molecule has 1 saturated carbocycles. The Morgan fingerprint density at radius 2 is 2.00 bits per heavy atom. The smallest absolute Gasteiger partial charge is 0.233 e. The van der Waals surface area contributed by atoms with Crippen LogP contribution < -0.4 is 0 Å². The number of hydrogen-bond donors (Lipinski definition) is 0. The number of amides is 1. The van der Waals surface area contributed by atoms with Gasteiger partial charge in [-0.3, -0.25) is 9.69 Å². The first-order valence-electron chi connectivity index (χ1n) is 9.47. The maximum atomic E-state index is 13.7. The third kappa shape index (κ3) is 2.97. The van der Waals surface area contributed by atoms with Crippen LogP contribution in [0.15, 0.2) is 24.3 Å². The van der Waals surface area contributed by atoms with Gasteiger partial charge in [-0.1, -0.05) is 25.5 Å². The number of benzene rings is 1. The van der Waals surface area contributed by atoms with E-state index in [0.29, 0.717) is 12.0 Å². The standard InChI is InChI=1S/C20H27FN2O2/c1-15-13-23(14-18(15)22-8-10-25-11-9-22)19(24)20(6-3-7-20)16-4-2-5-17(21)12-16/h2,4-5,12,15,18H,3,6-11,13-14H2,1H3/t15-,18+/m0/s1. The van der Waals surface area contributed by atoms with Crippen LogP contribution in [0.3, 0.4) is 0 Å². The highest BCUT2D eigenvalue weighted by Crippen LogP contribution is 2.46. The second kappa shape index (κ2) is 6.69. The van der Waals surface area contributed by atoms with Crippen molar-refractivity contribution in [1.29, 1.82) is 0 Å². The Hall–Kier alpha value is -1.46. The lowest BCUT2D eigenvalue weighted by atomic mass is 9.63. The largest absolute Gasteiger partial charge is 0.379 e. The Labute approximate surface area is 148 Å². The summed E-state index contributed by atoms with van der Waals surface area (Å²) < 4.78 is 19.2. The fraction of sp³-hybridized carbons (Fsp3) is 0.650. The van der Waals surface area contributed by atoms with Gasteiger partial charge in [0.25, 0.3) is 0 Å². The van der Waals surface area contributed by atoms with Crippen LogP contribution in [0.4, 0.5) is 4.39 Å². The lowest BCUT2D eigenvalue weighted by Gasteiger charge is -2.43. The van der Waals surface area contributed by atoms with Gasteiger partial charge in [-0.25, -0.2) is 4.39 Å². The summed E-state index contributed by atoms with van der Waals surface area (Å²) in [5.74, 6) is 0.413. The Balaban J connectivity index is 1.52. The van der Waals surface area contributed by atoms with Gasteiger partial charge in [0.2, 0.25) is 5.91 Å². The maximum absolute atomic E-state index is 13.7. The van der Waals surface area contributed by atoms with Crippen molar-refractivity contribution in [2.45, 2.75) is 37.6 Å². The molecule has 3 fully saturated rings. The quantitative estimate of drug-likeness (QED) is 0.843. The molecule has 4 nitrogen and oxygen atoms in total. The number of morpholine rings is 1. The molecule has 2 saturated heterocycles. The van der Waals surface area contributed by atoms with E-state index in [1.54, 1.807) is 12.1 Å². The minimum absolute atomic E-state index is 0.201. The van der Waals surface area contributed by atoms with Crippen LogP contribution in [0, 0.1) is 11.7 Å². The predicted molar refractivity (Wildman–Crippen MR) is 93.9 cm³/mol. The number of hydrogen-bond acceptors (Lipinski definition) is 3. The minimum Gasteiger partial charge on any atom is -0.379 e. The van der Waals surface area contributed by atoms with Gasteiger partial charge in [-0.15, -0.1) is 0 Å². The van der Waals surface area contributed by atoms with Crippen molar-refractivity contribution < 1.29 is 13.9 Å². The van der Waals surface area contributed by atoms with E-state index < -0.39 is 5.41 Å². The summed E-state index contributed by atoms with van der Waals surface area (Å²) >= 11 is 0. The van der Waals surface area contributed by atoms with E-state index in [1.165, 1.54) is 6.07 Å². The van der Waals surface area contributed by atoms with E-state index in [-0.39, 0.29) is 11.7 Å². The van der Waals surface area contributed by atoms with Crippen molar-refractivity contribution in [2.75, 3.05) is 39.4 Å². The number of ether oxygens (including phenoxy) is 1. The van der Waals surface area contributed by atoms with Crippen LogP contribution in [-0.4, -0.2) is 61.1 Å². The molecule has 1 aromatic carbocycles. The summed E-state index contributed by atoms with van der Waals surface area (Å²) in [6, 6.07) is 7.06. The number of carbonyl (C=O) groups is 1. The zero-order chi connectivity index (χ0) is 17.4. The monoisotopic (exact) mass is 346 g/mol. The normalized spacial score (nSPS) is 29.4. The first kappa shape index (κ1) is 17.0. The SMILES string of the molecule is C[C@H]1CN(C(=O)C2(c3cccc(F)c3)CCC2)C[C@H]1N1CCOCC1. The lowest BCUT2D eigenvalue weighted by Crippen LogP contribution is -2.51. The molecule has 2 heterocycles. The summed E-state index contributed by atoms with van der Waals surface area (Å²) in [6.45, 7) is 7.30. The molecule has 136 valence electrons. The maximum Gasteiger partial charge on any atom is 0.233 e. The third-order valence-electron chi connectivity index (χ3n) is 6.37. The molecule has 0 spiro atoms. The van der Waals surface area contributed by atoms with Gasteiger partial charge in [0, 0.05) is 32.2 Å². The molecular weight excluding hydrogens is 319 g/mol. The summed E-state index contributed by atoms with van der Waals surface area (Å²) in [6.07, 6.45) is 2.71. The van der Waals surface area contributed by atoms with Gasteiger partial charge >= 0.3 is 0 Å². The van der Waals surface area contributed by atoms with E-state index >= 15 is 0 Å². The summed E-state index contributed by atoms with van der Waals surface area (Å²) in [7, 11) is 0. The molecule has 0 radical (unpaired) electrons. The van der Waals surface area contributed by atoms with Gasteiger partial charge in [0.1, 0.15) is 5.82 Å². The molecule has 5 heteroatoms. The van der Waals surface area contributed by atoms with Crippen molar-refractivity contribution in [3.63, 3.8) is 0 Å². The second-order valence-corrected chi connectivity index (χ2v) is 7.85. The molecule has 0 bridgehead atoms. The third-order valence-corrected chi connectivity index (χ3v) is 6.37. The zero-order valence-corrected chi connectivity index (χ0v) is 14.9. The minimum atomic E-state index is -0.498. The summed E-state index contributed by atoms with van der Waals surface area (Å²) in [4.78, 5) is 17.9. The molecule has 2 atom stereocenters. The summed E-state index contributed by atoms with van der Waals surface area (Å²) in [5, 5.41) is 0. The van der Waals surface area contributed by atoms with E-state index in [0.717, 1.165) is 64.2 Å². The van der Waals surface area contributed by atoms with Gasteiger partial charge in [-0.05, 0) is 36.5 Å². The molecule has 0 N–H and O–H groups in total. The molecule has 1 aromatic rings. The Morgan fingerprint density at radius 3 is 2.64 bits per heavy atom. The van der Waals surface area contributed by atoms with Crippen LogP contribution >= 0.6 is 0 Å². The van der Waals surface area contributed by atoms with Crippen LogP contribution in [0.5, 0.6) is 0 Å². The molecule has 4 rings (SSSR count). The van der Waals surface area contributed by atoms with Crippen molar-refractivity contribution in [3.05, 3.63) is 35.6 Å². The number of halogens is 1. The average molecular weight is 346 g/mol. The molecule has 2 aliphatic heterocycles. The topological polar surface area (TPSA) is 32.8 Å². The Morgan fingerprint density at radius 1 is 1.24 bits per heavy atom. The highest BCUT2D eigenvalue weighted by Gasteiger charge is 2.50. The van der Waals surface area contributed by atoms with Crippen molar-refractivity contribution >= 4 is 5.91 Å². The molecular formula is C20H27FN2O2. The van der Waals surface area contributed by atoms with Crippen molar-refractivity contribution in [3.8, 4) is 0 Å². The number of likely N-dealkylation sites (tertiary alicyclic amines) is 1. The van der Waals surface area contributed by atoms with Gasteiger partial charge in [-0.2, -0.15) is 0 Å². The highest BCUT2D eigenvalue weighted by molar-refractivity contribution is 5.89. The number of rotatable bonds is 3. The molecule has 1 amide bonds. The predicted octanol–water partition coefficient (Wildman–Crippen LogP) is 2.43. The van der Waals surface area contributed by atoms with E-state index in [9.17, 15) is 9.18 Å². The van der Waals surface area contributed by atoms with Crippen LogP contribution in [0.2, 0.25) is 0 Å². The van der Waals surface area contributed by atoms with Crippen LogP contribution in [0.1, 0.15) is 31.7 Å². The summed E-state index contributed by atoms with van der Waals surface area (Å²) in [5.41, 5.74) is 0.355. The second-order valence-electron chi connectivity index (χ2n) is 7.85. The molecule has 25 heavy (non-hydrogen) atoms. The van der Waals surface area contributed by atoms with E-state index in [4.69, 9.17) is 4.74 Å². The molecule has 3 aliphatic rings. The Bertz CT molecular complexity index is 640. The zero-order valence-electron chi connectivity index (χ0n) is 14.9. The number of carbonyl (C=O) groups excluding carboxylic acids is 1. The lowest BCUT2D eigenvalue weighted by molar-refractivity contribution is -0.140. The van der Waals surface area contributed by atoms with Gasteiger partial charge < -0.3 is 9.64 Å². The van der Waals surface area contributed by atoms with Gasteiger partial charge in [0.05, 0.1) is 18.6 Å². The average Bonchev–Trinajstić information content (AvgIpc) is 2.96. The fourth-order valence-electron chi connectivity index (χ4n) is 4.75. The van der Waals surface area contributed by atoms with Crippen LogP contribution in [0.25, 0.3) is 0 Å². The van der Waals surface area contributed by atoms with Crippen molar-refractivity contribution in [1.82, 2.24) is 9.80 Å². The van der Waals surface area contributed by atoms with E-state index in [1.807, 2.05) is 11.0 Å². The highest BCUT2D eigenvalue weighted by atomic mass is 19.1. The van der Waals surface area contributed by atoms with Gasteiger partial charge in [0.15, 0.2) is 0 Å².